The number of hydrogen-bond acceptors (Lipinski definition) is 6. The summed E-state index contributed by atoms with van der Waals surface area (Å²) in [5, 5.41) is 0. The van der Waals surface area contributed by atoms with Gasteiger partial charge in [-0.15, -0.1) is 0 Å². The number of para-hydroxylation sites is 1. The van der Waals surface area contributed by atoms with Crippen molar-refractivity contribution < 1.29 is 17.9 Å². The number of hydrogen-bond donors (Lipinski definition) is 0. The summed E-state index contributed by atoms with van der Waals surface area (Å²) in [6, 6.07) is 7.24. The second kappa shape index (κ2) is 8.75. The molecule has 0 bridgehead atoms. The Labute approximate surface area is 170 Å². The van der Waals surface area contributed by atoms with Crippen LogP contribution in [0.3, 0.4) is 0 Å². The van der Waals surface area contributed by atoms with Crippen molar-refractivity contribution in [1.29, 1.82) is 0 Å². The fraction of sp³-hybridized carbons (Fsp3) is 0.474. The first-order valence-corrected chi connectivity index (χ1v) is 12.1. The van der Waals surface area contributed by atoms with Gasteiger partial charge in [-0.3, -0.25) is 9.69 Å². The van der Waals surface area contributed by atoms with Crippen molar-refractivity contribution in [3.05, 3.63) is 34.7 Å². The number of carbonyl (C=O) groups excluding carboxylic acids is 1. The number of unbranched alkanes of at least 4 members (excludes halogenated alkanes) is 2. The third-order valence-corrected chi connectivity index (χ3v) is 7.69. The molecule has 0 spiro atoms. The summed E-state index contributed by atoms with van der Waals surface area (Å²) < 4.78 is 29.8. The number of benzene rings is 1. The van der Waals surface area contributed by atoms with E-state index in [2.05, 4.69) is 6.92 Å². The highest BCUT2D eigenvalue weighted by Crippen LogP contribution is 2.37. The largest absolute Gasteiger partial charge is 0.493 e. The molecule has 3 rings (SSSR count). The van der Waals surface area contributed by atoms with Gasteiger partial charge in [0.2, 0.25) is 0 Å². The summed E-state index contributed by atoms with van der Waals surface area (Å²) >= 11 is 6.58. The van der Waals surface area contributed by atoms with Gasteiger partial charge in [-0.1, -0.05) is 61.9 Å². The Balaban J connectivity index is 1.76. The number of ether oxygens (including phenoxy) is 1. The number of carbonyl (C=O) groups is 1. The quantitative estimate of drug-likeness (QED) is 0.378. The van der Waals surface area contributed by atoms with Crippen molar-refractivity contribution in [3.63, 3.8) is 0 Å². The van der Waals surface area contributed by atoms with Crippen LogP contribution in [0.5, 0.6) is 5.75 Å². The van der Waals surface area contributed by atoms with E-state index < -0.39 is 9.84 Å². The van der Waals surface area contributed by atoms with Crippen LogP contribution in [0.15, 0.2) is 29.2 Å². The molecule has 2 heterocycles. The van der Waals surface area contributed by atoms with Crippen molar-refractivity contribution in [3.8, 4) is 5.75 Å². The van der Waals surface area contributed by atoms with Gasteiger partial charge in [0.25, 0.3) is 5.91 Å². The lowest BCUT2D eigenvalue weighted by Gasteiger charge is -2.20. The van der Waals surface area contributed by atoms with E-state index in [0.717, 1.165) is 30.6 Å². The molecule has 2 aliphatic heterocycles. The van der Waals surface area contributed by atoms with Crippen molar-refractivity contribution >= 4 is 50.1 Å². The van der Waals surface area contributed by atoms with E-state index >= 15 is 0 Å². The van der Waals surface area contributed by atoms with Gasteiger partial charge in [0.15, 0.2) is 9.84 Å². The minimum atomic E-state index is -3.08. The average Bonchev–Trinajstić information content (AvgIpc) is 3.11. The van der Waals surface area contributed by atoms with Gasteiger partial charge < -0.3 is 4.74 Å². The first-order chi connectivity index (χ1) is 12.9. The second-order valence-corrected chi connectivity index (χ2v) is 10.6. The monoisotopic (exact) mass is 425 g/mol. The molecule has 146 valence electrons. The Kier molecular flexibility index (Phi) is 6.60. The van der Waals surface area contributed by atoms with Crippen LogP contribution in [0.25, 0.3) is 6.08 Å². The third-order valence-electron chi connectivity index (χ3n) is 4.61. The van der Waals surface area contributed by atoms with Crippen molar-refractivity contribution in [1.82, 2.24) is 4.90 Å². The van der Waals surface area contributed by atoms with Crippen LogP contribution in [0.2, 0.25) is 0 Å². The minimum absolute atomic E-state index is 0.0101. The van der Waals surface area contributed by atoms with Crippen LogP contribution in [0.4, 0.5) is 0 Å². The normalized spacial score (nSPS) is 23.4. The third kappa shape index (κ3) is 4.92. The lowest BCUT2D eigenvalue weighted by molar-refractivity contribution is -0.123. The molecule has 0 aromatic heterocycles. The van der Waals surface area contributed by atoms with E-state index in [1.54, 1.807) is 6.08 Å². The Morgan fingerprint density at radius 3 is 2.81 bits per heavy atom. The zero-order valence-electron chi connectivity index (χ0n) is 15.2. The van der Waals surface area contributed by atoms with E-state index in [-0.39, 0.29) is 23.5 Å². The van der Waals surface area contributed by atoms with Crippen LogP contribution in [-0.4, -0.2) is 47.7 Å². The maximum absolute atomic E-state index is 12.8. The van der Waals surface area contributed by atoms with Crippen LogP contribution >= 0.6 is 24.0 Å². The number of thiocarbonyl (C=S) groups is 1. The number of amides is 1. The van der Waals surface area contributed by atoms with Crippen LogP contribution < -0.4 is 4.74 Å². The van der Waals surface area contributed by atoms with E-state index in [9.17, 15) is 13.2 Å². The molecule has 1 aromatic rings. The zero-order chi connectivity index (χ0) is 19.4. The van der Waals surface area contributed by atoms with Gasteiger partial charge in [0.05, 0.1) is 29.1 Å². The van der Waals surface area contributed by atoms with Gasteiger partial charge >= 0.3 is 0 Å². The van der Waals surface area contributed by atoms with Crippen LogP contribution in [0, 0.1) is 0 Å². The second-order valence-electron chi connectivity index (χ2n) is 6.70. The van der Waals surface area contributed by atoms with E-state index in [4.69, 9.17) is 17.0 Å². The minimum Gasteiger partial charge on any atom is -0.493 e. The first kappa shape index (κ1) is 20.4. The van der Waals surface area contributed by atoms with Gasteiger partial charge in [0, 0.05) is 5.56 Å². The van der Waals surface area contributed by atoms with Gasteiger partial charge in [-0.2, -0.15) is 0 Å². The topological polar surface area (TPSA) is 63.7 Å². The molecule has 2 aliphatic rings. The van der Waals surface area contributed by atoms with Crippen LogP contribution in [-0.2, 0) is 14.6 Å². The molecule has 0 N–H and O–H groups in total. The summed E-state index contributed by atoms with van der Waals surface area (Å²) in [4.78, 5) is 14.8. The maximum Gasteiger partial charge on any atom is 0.266 e. The molecule has 27 heavy (non-hydrogen) atoms. The molecular formula is C19H23NO4S3. The van der Waals surface area contributed by atoms with Crippen molar-refractivity contribution in [2.24, 2.45) is 0 Å². The molecule has 0 radical (unpaired) electrons. The van der Waals surface area contributed by atoms with Crippen LogP contribution in [0.1, 0.15) is 38.2 Å². The van der Waals surface area contributed by atoms with Crippen molar-refractivity contribution in [2.45, 2.75) is 38.6 Å². The SMILES string of the molecule is CCCCCOc1ccccc1/C=C1\SC(=S)N(C2CCS(=O)(=O)C2)C1=O. The molecule has 2 fully saturated rings. The summed E-state index contributed by atoms with van der Waals surface area (Å²) in [6.07, 6.45) is 5.47. The highest BCUT2D eigenvalue weighted by Gasteiger charge is 2.42. The molecule has 0 aliphatic carbocycles. The molecule has 1 aromatic carbocycles. The summed E-state index contributed by atoms with van der Waals surface area (Å²) in [7, 11) is -3.08. The summed E-state index contributed by atoms with van der Waals surface area (Å²) in [5.74, 6) is 0.627. The Morgan fingerprint density at radius 1 is 1.33 bits per heavy atom. The molecule has 8 heteroatoms. The number of rotatable bonds is 7. The number of nitrogens with zero attached hydrogens (tertiary/aromatic N) is 1. The highest BCUT2D eigenvalue weighted by molar-refractivity contribution is 8.26. The van der Waals surface area contributed by atoms with Gasteiger partial charge in [-0.05, 0) is 25.0 Å². The lowest BCUT2D eigenvalue weighted by atomic mass is 10.1. The molecule has 1 unspecified atom stereocenters. The highest BCUT2D eigenvalue weighted by atomic mass is 32.2. The van der Waals surface area contributed by atoms with E-state index in [0.29, 0.717) is 22.3 Å². The van der Waals surface area contributed by atoms with Gasteiger partial charge in [-0.25, -0.2) is 8.42 Å². The fourth-order valence-corrected chi connectivity index (χ4v) is 6.27. The first-order valence-electron chi connectivity index (χ1n) is 9.10. The molecule has 1 atom stereocenters. The molecule has 5 nitrogen and oxygen atoms in total. The van der Waals surface area contributed by atoms with E-state index in [1.807, 2.05) is 24.3 Å². The Hall–Kier alpha value is -1.38. The molecule has 0 saturated carbocycles. The molecular weight excluding hydrogens is 402 g/mol. The van der Waals surface area contributed by atoms with Gasteiger partial charge in [0.1, 0.15) is 10.1 Å². The lowest BCUT2D eigenvalue weighted by Crippen LogP contribution is -2.39. The smallest absolute Gasteiger partial charge is 0.266 e. The number of sulfone groups is 1. The Morgan fingerprint density at radius 2 is 2.11 bits per heavy atom. The average molecular weight is 426 g/mol. The molecule has 2 saturated heterocycles. The number of thioether (sulfide) groups is 1. The van der Waals surface area contributed by atoms with Crippen molar-refractivity contribution in [2.75, 3.05) is 18.1 Å². The predicted molar refractivity (Wildman–Crippen MR) is 114 cm³/mol. The summed E-state index contributed by atoms with van der Waals surface area (Å²) in [5.41, 5.74) is 0.827. The van der Waals surface area contributed by atoms with E-state index in [1.165, 1.54) is 16.7 Å². The molecule has 1 amide bonds. The maximum atomic E-state index is 12.8. The zero-order valence-corrected chi connectivity index (χ0v) is 17.7. The Bertz CT molecular complexity index is 863. The standard InChI is InChI=1S/C19H23NO4S3/c1-2-3-6-10-24-16-8-5-4-7-14(16)12-17-18(21)20(19(25)26-17)15-9-11-27(22,23)13-15/h4-5,7-8,12,15H,2-3,6,9-11,13H2,1H3/b17-12-. The summed E-state index contributed by atoms with van der Waals surface area (Å²) in [6.45, 7) is 2.78. The fourth-order valence-electron chi connectivity index (χ4n) is 3.18. The predicted octanol–water partition coefficient (Wildman–Crippen LogP) is 3.64.